The molecule has 3 N–H and O–H groups in total. The Kier molecular flexibility index (Phi) is 5.93. The van der Waals surface area contributed by atoms with Crippen LogP contribution in [0.15, 0.2) is 0 Å². The average molecular weight is 275 g/mol. The molecule has 4 heteroatoms. The Morgan fingerprint density at radius 1 is 1.33 bits per heavy atom. The number of hydrogen-bond donors (Lipinski definition) is 2. The van der Waals surface area contributed by atoms with E-state index >= 15 is 0 Å². The zero-order chi connectivity index (χ0) is 12.3. The maximum atomic E-state index is 12.1. The van der Waals surface area contributed by atoms with Gasteiger partial charge in [-0.2, -0.15) is 0 Å². The topological polar surface area (TPSA) is 55.1 Å². The van der Waals surface area contributed by atoms with Gasteiger partial charge in [0.05, 0.1) is 5.54 Å². The highest BCUT2D eigenvalue weighted by atomic mass is 35.5. The molecule has 2 rings (SSSR count). The van der Waals surface area contributed by atoms with E-state index in [4.69, 9.17) is 5.73 Å². The molecule has 0 aromatic rings. The largest absolute Gasteiger partial charge is 0.349 e. The number of carbonyl (C=O) groups is 1. The minimum absolute atomic E-state index is 0. The fraction of sp³-hybridized carbons (Fsp3) is 0.929. The van der Waals surface area contributed by atoms with Crippen molar-refractivity contribution < 1.29 is 4.79 Å². The standard InChI is InChI=1S/C14H26N2O.ClH/c1-11-4-5-12(8-11)9-13(17)16-14(10-15)6-2-3-7-14;/h11-12H,2-10,15H2,1H3,(H,16,17);1H. The molecule has 0 saturated heterocycles. The first-order valence-electron chi connectivity index (χ1n) is 7.15. The third-order valence-corrected chi connectivity index (χ3v) is 4.63. The Morgan fingerprint density at radius 2 is 2.00 bits per heavy atom. The summed E-state index contributed by atoms with van der Waals surface area (Å²) >= 11 is 0. The van der Waals surface area contributed by atoms with Crippen LogP contribution in [0.1, 0.15) is 58.3 Å². The van der Waals surface area contributed by atoms with Crippen LogP contribution in [0.2, 0.25) is 0 Å². The summed E-state index contributed by atoms with van der Waals surface area (Å²) in [4.78, 5) is 12.1. The molecule has 0 radical (unpaired) electrons. The second-order valence-corrected chi connectivity index (χ2v) is 6.23. The molecule has 106 valence electrons. The second kappa shape index (κ2) is 6.76. The van der Waals surface area contributed by atoms with Crippen LogP contribution in [0.3, 0.4) is 0 Å². The lowest BCUT2D eigenvalue weighted by Gasteiger charge is -2.29. The molecule has 0 heterocycles. The molecule has 0 aromatic carbocycles. The van der Waals surface area contributed by atoms with Gasteiger partial charge in [-0.25, -0.2) is 0 Å². The van der Waals surface area contributed by atoms with Crippen LogP contribution < -0.4 is 11.1 Å². The highest BCUT2D eigenvalue weighted by Crippen LogP contribution is 2.33. The molecule has 0 aromatic heterocycles. The molecular weight excluding hydrogens is 248 g/mol. The Morgan fingerprint density at radius 3 is 2.50 bits per heavy atom. The zero-order valence-corrected chi connectivity index (χ0v) is 12.2. The van der Waals surface area contributed by atoms with Crippen LogP contribution in [0.4, 0.5) is 0 Å². The summed E-state index contributed by atoms with van der Waals surface area (Å²) in [7, 11) is 0. The molecule has 2 atom stereocenters. The smallest absolute Gasteiger partial charge is 0.220 e. The number of hydrogen-bond acceptors (Lipinski definition) is 2. The summed E-state index contributed by atoms with van der Waals surface area (Å²) in [5.74, 6) is 1.65. The van der Waals surface area contributed by atoms with Gasteiger partial charge in [0.1, 0.15) is 0 Å². The summed E-state index contributed by atoms with van der Waals surface area (Å²) in [5, 5.41) is 3.22. The first kappa shape index (κ1) is 15.8. The third-order valence-electron chi connectivity index (χ3n) is 4.63. The predicted octanol–water partition coefficient (Wildman–Crippen LogP) is 2.62. The molecule has 0 spiro atoms. The van der Waals surface area contributed by atoms with Gasteiger partial charge in [0, 0.05) is 13.0 Å². The minimum atomic E-state index is -0.0682. The van der Waals surface area contributed by atoms with E-state index in [9.17, 15) is 4.79 Å². The fourth-order valence-corrected chi connectivity index (χ4v) is 3.55. The van der Waals surface area contributed by atoms with E-state index < -0.39 is 0 Å². The molecule has 2 aliphatic rings. The minimum Gasteiger partial charge on any atom is -0.349 e. The highest BCUT2D eigenvalue weighted by molar-refractivity contribution is 5.85. The lowest BCUT2D eigenvalue weighted by Crippen LogP contribution is -2.51. The SMILES string of the molecule is CC1CCC(CC(=O)NC2(CN)CCCC2)C1.Cl. The van der Waals surface area contributed by atoms with Gasteiger partial charge in [0.25, 0.3) is 0 Å². The number of amides is 1. The molecule has 0 bridgehead atoms. The first-order valence-corrected chi connectivity index (χ1v) is 7.15. The van der Waals surface area contributed by atoms with Gasteiger partial charge >= 0.3 is 0 Å². The fourth-order valence-electron chi connectivity index (χ4n) is 3.55. The Labute approximate surface area is 117 Å². The molecule has 1 amide bonds. The van der Waals surface area contributed by atoms with Crippen LogP contribution in [0, 0.1) is 11.8 Å². The van der Waals surface area contributed by atoms with Crippen LogP contribution in [-0.4, -0.2) is 18.0 Å². The number of carbonyl (C=O) groups excluding carboxylic acids is 1. The summed E-state index contributed by atoms with van der Waals surface area (Å²) in [6, 6.07) is 0. The number of nitrogens with one attached hydrogen (secondary N) is 1. The van der Waals surface area contributed by atoms with Gasteiger partial charge in [0.15, 0.2) is 0 Å². The molecule has 18 heavy (non-hydrogen) atoms. The Balaban J connectivity index is 0.00000162. The summed E-state index contributed by atoms with van der Waals surface area (Å²) in [5.41, 5.74) is 5.76. The monoisotopic (exact) mass is 274 g/mol. The van der Waals surface area contributed by atoms with Crippen molar-refractivity contribution in [1.29, 1.82) is 0 Å². The van der Waals surface area contributed by atoms with Gasteiger partial charge in [-0.15, -0.1) is 12.4 Å². The van der Waals surface area contributed by atoms with Gasteiger partial charge in [0.2, 0.25) is 5.91 Å². The van der Waals surface area contributed by atoms with E-state index in [1.807, 2.05) is 0 Å². The van der Waals surface area contributed by atoms with E-state index in [-0.39, 0.29) is 23.9 Å². The number of nitrogens with two attached hydrogens (primary N) is 1. The van der Waals surface area contributed by atoms with E-state index in [2.05, 4.69) is 12.2 Å². The van der Waals surface area contributed by atoms with Crippen LogP contribution in [0.25, 0.3) is 0 Å². The lowest BCUT2D eigenvalue weighted by atomic mass is 9.96. The van der Waals surface area contributed by atoms with Crippen molar-refractivity contribution >= 4 is 18.3 Å². The molecule has 3 nitrogen and oxygen atoms in total. The summed E-state index contributed by atoms with van der Waals surface area (Å²) < 4.78 is 0. The van der Waals surface area contributed by atoms with E-state index in [1.54, 1.807) is 0 Å². The maximum absolute atomic E-state index is 12.1. The van der Waals surface area contributed by atoms with Crippen molar-refractivity contribution in [3.05, 3.63) is 0 Å². The van der Waals surface area contributed by atoms with Crippen LogP contribution in [-0.2, 0) is 4.79 Å². The van der Waals surface area contributed by atoms with E-state index in [0.717, 1.165) is 18.8 Å². The Hall–Kier alpha value is -0.280. The molecule has 2 fully saturated rings. The molecule has 2 saturated carbocycles. The molecule has 2 aliphatic carbocycles. The third kappa shape index (κ3) is 3.86. The van der Waals surface area contributed by atoms with Crippen LogP contribution >= 0.6 is 12.4 Å². The lowest BCUT2D eigenvalue weighted by molar-refractivity contribution is -0.123. The predicted molar refractivity (Wildman–Crippen MR) is 76.8 cm³/mol. The van der Waals surface area contributed by atoms with E-state index in [1.165, 1.54) is 32.1 Å². The van der Waals surface area contributed by atoms with Crippen molar-refractivity contribution in [3.8, 4) is 0 Å². The second-order valence-electron chi connectivity index (χ2n) is 6.23. The van der Waals surface area contributed by atoms with Gasteiger partial charge in [-0.3, -0.25) is 4.79 Å². The van der Waals surface area contributed by atoms with Gasteiger partial charge in [-0.05, 0) is 37.5 Å². The first-order chi connectivity index (χ1) is 8.13. The van der Waals surface area contributed by atoms with E-state index in [0.29, 0.717) is 18.9 Å². The van der Waals surface area contributed by atoms with Gasteiger partial charge < -0.3 is 11.1 Å². The summed E-state index contributed by atoms with van der Waals surface area (Å²) in [6.07, 6.45) is 9.00. The van der Waals surface area contributed by atoms with Crippen molar-refractivity contribution in [2.24, 2.45) is 17.6 Å². The molecular formula is C14H27ClN2O. The number of halogens is 1. The Bertz CT molecular complexity index is 277. The molecule has 0 aliphatic heterocycles. The van der Waals surface area contributed by atoms with Gasteiger partial charge in [-0.1, -0.05) is 26.2 Å². The molecule has 2 unspecified atom stereocenters. The van der Waals surface area contributed by atoms with Crippen molar-refractivity contribution in [1.82, 2.24) is 5.32 Å². The van der Waals surface area contributed by atoms with Crippen molar-refractivity contribution in [3.63, 3.8) is 0 Å². The van der Waals surface area contributed by atoms with Crippen molar-refractivity contribution in [2.45, 2.75) is 63.8 Å². The highest BCUT2D eigenvalue weighted by Gasteiger charge is 2.34. The quantitative estimate of drug-likeness (QED) is 0.828. The maximum Gasteiger partial charge on any atom is 0.220 e. The van der Waals surface area contributed by atoms with Crippen molar-refractivity contribution in [2.75, 3.05) is 6.54 Å². The normalized spacial score (nSPS) is 29.9. The average Bonchev–Trinajstić information content (AvgIpc) is 2.89. The number of rotatable bonds is 4. The van der Waals surface area contributed by atoms with Crippen LogP contribution in [0.5, 0.6) is 0 Å². The zero-order valence-electron chi connectivity index (χ0n) is 11.4. The summed E-state index contributed by atoms with van der Waals surface area (Å²) in [6.45, 7) is 2.88.